The third kappa shape index (κ3) is 5.76. The number of nitrogens with one attached hydrogen (secondary N) is 3. The summed E-state index contributed by atoms with van der Waals surface area (Å²) in [5, 5.41) is 9.46. The number of benzene rings is 1. The van der Waals surface area contributed by atoms with E-state index in [0.29, 0.717) is 13.0 Å². The highest BCUT2D eigenvalue weighted by molar-refractivity contribution is 5.81. The molecule has 0 saturated heterocycles. The van der Waals surface area contributed by atoms with Crippen LogP contribution in [0.3, 0.4) is 0 Å². The molecule has 0 aromatic heterocycles. The Hall–Kier alpha value is -2.04. The molecule has 1 saturated carbocycles. The van der Waals surface area contributed by atoms with Crippen molar-refractivity contribution in [2.45, 2.75) is 57.9 Å². The number of carbonyl (C=O) groups excluding carboxylic acids is 1. The van der Waals surface area contributed by atoms with E-state index in [1.165, 1.54) is 24.8 Å². The Kier molecular flexibility index (Phi) is 7.29. The third-order valence-electron chi connectivity index (χ3n) is 4.68. The fourth-order valence-electron chi connectivity index (χ4n) is 3.19. The largest absolute Gasteiger partial charge is 0.357 e. The summed E-state index contributed by atoms with van der Waals surface area (Å²) in [6, 6.07) is 10.9. The van der Waals surface area contributed by atoms with Crippen molar-refractivity contribution in [3.63, 3.8) is 0 Å². The molecule has 0 aliphatic heterocycles. The van der Waals surface area contributed by atoms with E-state index in [2.05, 4.69) is 53.2 Å². The van der Waals surface area contributed by atoms with E-state index in [4.69, 9.17) is 4.99 Å². The summed E-state index contributed by atoms with van der Waals surface area (Å²) in [5.41, 5.74) is 1.57. The van der Waals surface area contributed by atoms with Crippen molar-refractivity contribution in [2.24, 2.45) is 4.99 Å². The van der Waals surface area contributed by atoms with Gasteiger partial charge in [-0.25, -0.2) is 0 Å². The fourth-order valence-corrected chi connectivity index (χ4v) is 3.19. The summed E-state index contributed by atoms with van der Waals surface area (Å²) in [4.78, 5) is 16.5. The topological polar surface area (TPSA) is 65.5 Å². The lowest BCUT2D eigenvalue weighted by Gasteiger charge is -2.41. The van der Waals surface area contributed by atoms with Gasteiger partial charge in [0.1, 0.15) is 0 Å². The van der Waals surface area contributed by atoms with Gasteiger partial charge in [0, 0.05) is 31.0 Å². The maximum absolute atomic E-state index is 11.7. The third-order valence-corrected chi connectivity index (χ3v) is 4.68. The summed E-state index contributed by atoms with van der Waals surface area (Å²) < 4.78 is 0. The average molecular weight is 345 g/mol. The molecule has 1 aromatic carbocycles. The van der Waals surface area contributed by atoms with Gasteiger partial charge in [-0.05, 0) is 39.2 Å². The number of hydrogen-bond donors (Lipinski definition) is 3. The Morgan fingerprint density at radius 3 is 2.48 bits per heavy atom. The lowest BCUT2D eigenvalue weighted by atomic mass is 9.64. The predicted molar refractivity (Wildman–Crippen MR) is 104 cm³/mol. The van der Waals surface area contributed by atoms with E-state index in [1.54, 1.807) is 0 Å². The molecule has 0 heterocycles. The van der Waals surface area contributed by atoms with Crippen molar-refractivity contribution in [3.05, 3.63) is 35.9 Å². The Bertz CT molecular complexity index is 564. The van der Waals surface area contributed by atoms with Gasteiger partial charge >= 0.3 is 0 Å². The molecule has 1 fully saturated rings. The molecule has 1 aliphatic carbocycles. The second-order valence-electron chi connectivity index (χ2n) is 7.09. The zero-order valence-electron chi connectivity index (χ0n) is 15.8. The lowest BCUT2D eigenvalue weighted by Crippen LogP contribution is -2.42. The summed E-state index contributed by atoms with van der Waals surface area (Å²) in [7, 11) is 0. The molecule has 0 atom stereocenters. The summed E-state index contributed by atoms with van der Waals surface area (Å²) in [6.07, 6.45) is 4.10. The highest BCUT2D eigenvalue weighted by Gasteiger charge is 2.38. The molecule has 138 valence electrons. The molecule has 0 unspecified atom stereocenters. The standard InChI is InChI=1S/C20H32N4O/c1-4-21-19(22-14-11-18(25)24-16(2)3)23-15-20(12-8-13-20)17-9-6-5-7-10-17/h5-7,9-10,16H,4,8,11-15H2,1-3H3,(H,24,25)(H2,21,22,23). The van der Waals surface area contributed by atoms with Crippen molar-refractivity contribution in [1.29, 1.82) is 0 Å². The van der Waals surface area contributed by atoms with Gasteiger partial charge < -0.3 is 16.0 Å². The normalized spacial score (nSPS) is 16.2. The molecule has 0 spiro atoms. The van der Waals surface area contributed by atoms with Crippen molar-refractivity contribution in [3.8, 4) is 0 Å². The monoisotopic (exact) mass is 344 g/mol. The predicted octanol–water partition coefficient (Wildman–Crippen LogP) is 2.58. The van der Waals surface area contributed by atoms with Crippen LogP contribution < -0.4 is 16.0 Å². The number of nitrogens with zero attached hydrogens (tertiary/aromatic N) is 1. The summed E-state index contributed by atoms with van der Waals surface area (Å²) in [6.45, 7) is 8.17. The van der Waals surface area contributed by atoms with Crippen LogP contribution in [0.15, 0.2) is 35.3 Å². The molecule has 1 aliphatic rings. The Balaban J connectivity index is 1.91. The van der Waals surface area contributed by atoms with Crippen LogP contribution in [0.25, 0.3) is 0 Å². The average Bonchev–Trinajstić information content (AvgIpc) is 2.54. The molecular weight excluding hydrogens is 312 g/mol. The minimum absolute atomic E-state index is 0.0677. The van der Waals surface area contributed by atoms with Crippen LogP contribution in [-0.2, 0) is 10.2 Å². The SMILES string of the molecule is CCNC(=NCC1(c2ccccc2)CCC1)NCCC(=O)NC(C)C. The second-order valence-corrected chi connectivity index (χ2v) is 7.09. The second kappa shape index (κ2) is 9.44. The first kappa shape index (κ1) is 19.3. The van der Waals surface area contributed by atoms with E-state index in [0.717, 1.165) is 19.0 Å². The molecule has 5 nitrogen and oxygen atoms in total. The van der Waals surface area contributed by atoms with Crippen LogP contribution in [-0.4, -0.2) is 37.5 Å². The number of hydrogen-bond acceptors (Lipinski definition) is 2. The molecule has 1 amide bonds. The van der Waals surface area contributed by atoms with E-state index in [9.17, 15) is 4.79 Å². The van der Waals surface area contributed by atoms with E-state index in [-0.39, 0.29) is 17.4 Å². The number of rotatable bonds is 8. The molecule has 3 N–H and O–H groups in total. The molecule has 1 aromatic rings. The first-order valence-electron chi connectivity index (χ1n) is 9.43. The zero-order valence-corrected chi connectivity index (χ0v) is 15.8. The Morgan fingerprint density at radius 2 is 1.92 bits per heavy atom. The van der Waals surface area contributed by atoms with Gasteiger partial charge in [0.2, 0.25) is 5.91 Å². The van der Waals surface area contributed by atoms with Gasteiger partial charge in [-0.3, -0.25) is 9.79 Å². The number of amides is 1. The first-order chi connectivity index (χ1) is 12.1. The van der Waals surface area contributed by atoms with Gasteiger partial charge in [0.05, 0.1) is 6.54 Å². The fraction of sp³-hybridized carbons (Fsp3) is 0.600. The first-order valence-corrected chi connectivity index (χ1v) is 9.43. The van der Waals surface area contributed by atoms with Crippen LogP contribution in [0.1, 0.15) is 52.0 Å². The Labute approximate surface area is 151 Å². The highest BCUT2D eigenvalue weighted by Crippen LogP contribution is 2.43. The van der Waals surface area contributed by atoms with Crippen molar-refractivity contribution < 1.29 is 4.79 Å². The van der Waals surface area contributed by atoms with Crippen LogP contribution in [0, 0.1) is 0 Å². The van der Waals surface area contributed by atoms with Crippen LogP contribution >= 0.6 is 0 Å². The van der Waals surface area contributed by atoms with Crippen molar-refractivity contribution >= 4 is 11.9 Å². The summed E-state index contributed by atoms with van der Waals surface area (Å²) >= 11 is 0. The lowest BCUT2D eigenvalue weighted by molar-refractivity contribution is -0.121. The molecule has 2 rings (SSSR count). The van der Waals surface area contributed by atoms with Gasteiger partial charge in [-0.1, -0.05) is 36.8 Å². The smallest absolute Gasteiger partial charge is 0.221 e. The van der Waals surface area contributed by atoms with E-state index < -0.39 is 0 Å². The minimum atomic E-state index is 0.0677. The van der Waals surface area contributed by atoms with Crippen molar-refractivity contribution in [2.75, 3.05) is 19.6 Å². The van der Waals surface area contributed by atoms with Crippen molar-refractivity contribution in [1.82, 2.24) is 16.0 Å². The maximum atomic E-state index is 11.7. The highest BCUT2D eigenvalue weighted by atomic mass is 16.1. The summed E-state index contributed by atoms with van der Waals surface area (Å²) in [5.74, 6) is 0.861. The molecular formula is C20H32N4O. The van der Waals surface area contributed by atoms with Gasteiger partial charge in [-0.15, -0.1) is 0 Å². The quantitative estimate of drug-likeness (QED) is 0.502. The molecule has 25 heavy (non-hydrogen) atoms. The van der Waals surface area contributed by atoms with Crippen LogP contribution in [0.5, 0.6) is 0 Å². The van der Waals surface area contributed by atoms with Gasteiger partial charge in [-0.2, -0.15) is 0 Å². The number of guanidine groups is 1. The molecule has 0 bridgehead atoms. The molecule has 5 heteroatoms. The number of aliphatic imine (C=N–C) groups is 1. The van der Waals surface area contributed by atoms with Crippen LogP contribution in [0.2, 0.25) is 0 Å². The van der Waals surface area contributed by atoms with Gasteiger partial charge in [0.15, 0.2) is 5.96 Å². The molecule has 0 radical (unpaired) electrons. The van der Waals surface area contributed by atoms with Gasteiger partial charge in [0.25, 0.3) is 0 Å². The Morgan fingerprint density at radius 1 is 1.20 bits per heavy atom. The maximum Gasteiger partial charge on any atom is 0.221 e. The van der Waals surface area contributed by atoms with Crippen LogP contribution in [0.4, 0.5) is 0 Å². The van der Waals surface area contributed by atoms with E-state index in [1.807, 2.05) is 13.8 Å². The number of carbonyl (C=O) groups is 1. The van der Waals surface area contributed by atoms with E-state index >= 15 is 0 Å². The minimum Gasteiger partial charge on any atom is -0.357 e. The zero-order chi connectivity index (χ0) is 18.1.